The summed E-state index contributed by atoms with van der Waals surface area (Å²) in [5, 5.41) is 0.161. The number of hydrogen-bond acceptors (Lipinski definition) is 5. The number of halogens is 2. The van der Waals surface area contributed by atoms with Crippen LogP contribution >= 0.6 is 11.6 Å². The predicted octanol–water partition coefficient (Wildman–Crippen LogP) is 5.78. The fraction of sp³-hybridized carbons (Fsp3) is 0.120. The monoisotopic (exact) mass is 452 g/mol. The van der Waals surface area contributed by atoms with Crippen molar-refractivity contribution in [3.8, 4) is 11.5 Å². The Kier molecular flexibility index (Phi) is 6.23. The van der Waals surface area contributed by atoms with Gasteiger partial charge in [-0.05, 0) is 37.3 Å². The lowest BCUT2D eigenvalue weighted by Crippen LogP contribution is -2.21. The summed E-state index contributed by atoms with van der Waals surface area (Å²) in [6, 6.07) is 17.8. The quantitative estimate of drug-likeness (QED) is 0.350. The number of ketones is 1. The van der Waals surface area contributed by atoms with Crippen molar-refractivity contribution in [3.05, 3.63) is 100 Å². The number of ether oxygens (including phenoxy) is 3. The third-order valence-electron chi connectivity index (χ3n) is 4.77. The Morgan fingerprint density at radius 1 is 1.12 bits per heavy atom. The zero-order valence-corrected chi connectivity index (χ0v) is 17.8. The number of esters is 1. The molecule has 3 aromatic carbocycles. The lowest BCUT2D eigenvalue weighted by molar-refractivity contribution is -0.151. The molecule has 0 aromatic heterocycles. The summed E-state index contributed by atoms with van der Waals surface area (Å²) in [5.74, 6) is -1.02. The van der Waals surface area contributed by atoms with E-state index in [1.165, 1.54) is 36.4 Å². The Morgan fingerprint density at radius 2 is 1.91 bits per heavy atom. The van der Waals surface area contributed by atoms with Crippen molar-refractivity contribution < 1.29 is 28.2 Å². The lowest BCUT2D eigenvalue weighted by Gasteiger charge is -2.18. The molecule has 0 N–H and O–H groups in total. The Hall–Kier alpha value is -3.64. The second-order valence-electron chi connectivity index (χ2n) is 6.89. The van der Waals surface area contributed by atoms with Gasteiger partial charge in [-0.15, -0.1) is 0 Å². The maximum absolute atomic E-state index is 14.1. The van der Waals surface area contributed by atoms with Crippen LogP contribution in [0.25, 0.3) is 6.08 Å². The molecule has 1 atom stereocenters. The van der Waals surface area contributed by atoms with Crippen molar-refractivity contribution in [3.63, 3.8) is 0 Å². The number of benzene rings is 3. The standard InChI is InChI=1S/C25H18ClFO5/c1-2-30-25(29)24(15-7-4-3-5-8-15)31-16-11-12-17-21(13-16)32-22(23(17)28)14-18-19(26)9-6-10-20(18)27/h3-14,24H,2H2,1H3/b22-14-. The molecule has 0 amide bonds. The van der Waals surface area contributed by atoms with Crippen LogP contribution in [0.3, 0.4) is 0 Å². The molecule has 0 saturated heterocycles. The van der Waals surface area contributed by atoms with E-state index in [1.54, 1.807) is 37.3 Å². The van der Waals surface area contributed by atoms with E-state index >= 15 is 0 Å². The Morgan fingerprint density at radius 3 is 2.62 bits per heavy atom. The van der Waals surface area contributed by atoms with Crippen LogP contribution in [0, 0.1) is 5.82 Å². The van der Waals surface area contributed by atoms with Crippen LogP contribution in [0.2, 0.25) is 5.02 Å². The fourth-order valence-electron chi connectivity index (χ4n) is 3.25. The average molecular weight is 453 g/mol. The summed E-state index contributed by atoms with van der Waals surface area (Å²) in [4.78, 5) is 25.2. The van der Waals surface area contributed by atoms with Gasteiger partial charge in [-0.3, -0.25) is 4.79 Å². The highest BCUT2D eigenvalue weighted by Gasteiger charge is 2.30. The van der Waals surface area contributed by atoms with Crippen LogP contribution < -0.4 is 9.47 Å². The molecule has 0 aliphatic carbocycles. The predicted molar refractivity (Wildman–Crippen MR) is 117 cm³/mol. The van der Waals surface area contributed by atoms with Crippen molar-refractivity contribution in [2.24, 2.45) is 0 Å². The molecule has 162 valence electrons. The molecule has 7 heteroatoms. The van der Waals surface area contributed by atoms with Crippen molar-refractivity contribution in [1.29, 1.82) is 0 Å². The van der Waals surface area contributed by atoms with Gasteiger partial charge >= 0.3 is 5.97 Å². The number of Topliss-reactive ketones (excluding diaryl/α,β-unsaturated/α-hetero) is 1. The summed E-state index contributed by atoms with van der Waals surface area (Å²) in [7, 11) is 0. The molecule has 0 spiro atoms. The van der Waals surface area contributed by atoms with Crippen molar-refractivity contribution >= 4 is 29.4 Å². The third kappa shape index (κ3) is 4.36. The first kappa shape index (κ1) is 21.6. The molecule has 1 unspecified atom stereocenters. The molecule has 0 bridgehead atoms. The van der Waals surface area contributed by atoms with Gasteiger partial charge in [0, 0.05) is 17.2 Å². The molecule has 0 radical (unpaired) electrons. The minimum absolute atomic E-state index is 0.0610. The minimum atomic E-state index is -0.987. The van der Waals surface area contributed by atoms with Gasteiger partial charge in [-0.1, -0.05) is 48.0 Å². The van der Waals surface area contributed by atoms with Crippen LogP contribution in [-0.4, -0.2) is 18.4 Å². The van der Waals surface area contributed by atoms with E-state index in [-0.39, 0.29) is 28.7 Å². The number of carbonyl (C=O) groups is 2. The molecule has 32 heavy (non-hydrogen) atoms. The highest BCUT2D eigenvalue weighted by molar-refractivity contribution is 6.32. The fourth-order valence-corrected chi connectivity index (χ4v) is 3.47. The average Bonchev–Trinajstić information content (AvgIpc) is 3.10. The Balaban J connectivity index is 1.62. The van der Waals surface area contributed by atoms with Gasteiger partial charge in [0.1, 0.15) is 17.3 Å². The van der Waals surface area contributed by atoms with E-state index in [9.17, 15) is 14.0 Å². The molecular weight excluding hydrogens is 435 g/mol. The summed E-state index contributed by atoms with van der Waals surface area (Å²) in [6.07, 6.45) is 0.282. The van der Waals surface area contributed by atoms with Gasteiger partial charge in [-0.2, -0.15) is 0 Å². The topological polar surface area (TPSA) is 61.8 Å². The van der Waals surface area contributed by atoms with Crippen LogP contribution in [0.4, 0.5) is 4.39 Å². The highest BCUT2D eigenvalue weighted by atomic mass is 35.5. The number of rotatable bonds is 6. The van der Waals surface area contributed by atoms with Crippen LogP contribution in [0.1, 0.15) is 34.5 Å². The molecule has 3 aromatic rings. The van der Waals surface area contributed by atoms with Gasteiger partial charge in [0.15, 0.2) is 5.76 Å². The Labute approximate surface area is 189 Å². The smallest absolute Gasteiger partial charge is 0.352 e. The molecule has 1 heterocycles. The summed E-state index contributed by atoms with van der Waals surface area (Å²) in [5.41, 5.74) is 0.981. The largest absolute Gasteiger partial charge is 0.474 e. The van der Waals surface area contributed by atoms with E-state index < -0.39 is 23.7 Å². The maximum Gasteiger partial charge on any atom is 0.352 e. The molecule has 1 aliphatic rings. The first-order valence-corrected chi connectivity index (χ1v) is 10.3. The zero-order valence-electron chi connectivity index (χ0n) is 17.0. The number of hydrogen-bond donors (Lipinski definition) is 0. The van der Waals surface area contributed by atoms with Gasteiger partial charge < -0.3 is 14.2 Å². The lowest BCUT2D eigenvalue weighted by atomic mass is 10.1. The SMILES string of the molecule is CCOC(=O)C(Oc1ccc2c(c1)O/C(=C\c1c(F)cccc1Cl)C2=O)c1ccccc1. The van der Waals surface area contributed by atoms with Crippen LogP contribution in [0.15, 0.2) is 72.5 Å². The highest BCUT2D eigenvalue weighted by Crippen LogP contribution is 2.37. The minimum Gasteiger partial charge on any atom is -0.474 e. The van der Waals surface area contributed by atoms with E-state index in [2.05, 4.69) is 0 Å². The Bertz CT molecular complexity index is 1190. The molecular formula is C25H18ClFO5. The van der Waals surface area contributed by atoms with Gasteiger partial charge in [0.25, 0.3) is 0 Å². The van der Waals surface area contributed by atoms with Crippen LogP contribution in [0.5, 0.6) is 11.5 Å². The first-order chi connectivity index (χ1) is 15.5. The summed E-state index contributed by atoms with van der Waals surface area (Å²) < 4.78 is 30.8. The van der Waals surface area contributed by atoms with E-state index in [0.29, 0.717) is 16.9 Å². The number of carbonyl (C=O) groups excluding carboxylic acids is 2. The van der Waals surface area contributed by atoms with Crippen LogP contribution in [-0.2, 0) is 9.53 Å². The summed E-state index contributed by atoms with van der Waals surface area (Å²) in [6.45, 7) is 1.92. The molecule has 0 fully saturated rings. The van der Waals surface area contributed by atoms with Crippen molar-refractivity contribution in [1.82, 2.24) is 0 Å². The zero-order chi connectivity index (χ0) is 22.7. The van der Waals surface area contributed by atoms with Gasteiger partial charge in [0.2, 0.25) is 11.9 Å². The van der Waals surface area contributed by atoms with Crippen molar-refractivity contribution in [2.45, 2.75) is 13.0 Å². The maximum atomic E-state index is 14.1. The summed E-state index contributed by atoms with van der Waals surface area (Å²) >= 11 is 6.05. The van der Waals surface area contributed by atoms with E-state index in [0.717, 1.165) is 0 Å². The molecule has 4 rings (SSSR count). The van der Waals surface area contributed by atoms with E-state index in [1.807, 2.05) is 6.07 Å². The second kappa shape index (κ2) is 9.24. The molecule has 5 nitrogen and oxygen atoms in total. The normalized spacial score (nSPS) is 14.6. The van der Waals surface area contributed by atoms with Crippen molar-refractivity contribution in [2.75, 3.05) is 6.61 Å². The van der Waals surface area contributed by atoms with Gasteiger partial charge in [0.05, 0.1) is 17.2 Å². The molecule has 0 saturated carbocycles. The third-order valence-corrected chi connectivity index (χ3v) is 5.10. The molecule has 1 aliphatic heterocycles. The number of allylic oxidation sites excluding steroid dienone is 1. The van der Waals surface area contributed by atoms with Gasteiger partial charge in [-0.25, -0.2) is 9.18 Å². The van der Waals surface area contributed by atoms with E-state index in [4.69, 9.17) is 25.8 Å². The second-order valence-corrected chi connectivity index (χ2v) is 7.30. The number of fused-ring (bicyclic) bond motifs is 1. The first-order valence-electron chi connectivity index (χ1n) is 9.88.